The molecule has 5 nitrogen and oxygen atoms in total. The molecular formula is C19H19Cl2F3N4O. The fourth-order valence-electron chi connectivity index (χ4n) is 3.05. The van der Waals surface area contributed by atoms with Crippen molar-refractivity contribution in [3.8, 4) is 6.07 Å². The summed E-state index contributed by atoms with van der Waals surface area (Å²) in [6, 6.07) is 9.39. The minimum atomic E-state index is -4.77. The highest BCUT2D eigenvalue weighted by atomic mass is 35.5. The van der Waals surface area contributed by atoms with Gasteiger partial charge in [-0.1, -0.05) is 35.3 Å². The summed E-state index contributed by atoms with van der Waals surface area (Å²) in [6.07, 6.45) is -3.91. The van der Waals surface area contributed by atoms with E-state index in [1.54, 1.807) is 24.3 Å². The third kappa shape index (κ3) is 5.43. The minimum Gasteiger partial charge on any atom is -0.393 e. The van der Waals surface area contributed by atoms with Crippen molar-refractivity contribution >= 4 is 34.8 Å². The summed E-state index contributed by atoms with van der Waals surface area (Å²) in [4.78, 5) is 17.7. The summed E-state index contributed by atoms with van der Waals surface area (Å²) in [5.41, 5.74) is 3.47. The lowest BCUT2D eigenvalue weighted by molar-refractivity contribution is -0.130. The van der Waals surface area contributed by atoms with Crippen molar-refractivity contribution < 1.29 is 18.0 Å². The molecule has 29 heavy (non-hydrogen) atoms. The van der Waals surface area contributed by atoms with E-state index in [2.05, 4.69) is 11.1 Å². The maximum Gasteiger partial charge on any atom is 0.432 e. The summed E-state index contributed by atoms with van der Waals surface area (Å²) in [7, 11) is 0. The van der Waals surface area contributed by atoms with Crippen LogP contribution in [0.2, 0.25) is 5.02 Å². The molecule has 1 amide bonds. The van der Waals surface area contributed by atoms with Gasteiger partial charge in [-0.2, -0.15) is 18.4 Å². The van der Waals surface area contributed by atoms with E-state index in [0.717, 1.165) is 5.56 Å². The van der Waals surface area contributed by atoms with Crippen LogP contribution in [0.3, 0.4) is 0 Å². The van der Waals surface area contributed by atoms with Crippen LogP contribution < -0.4 is 5.73 Å². The highest BCUT2D eigenvalue weighted by Gasteiger charge is 2.38. The average Bonchev–Trinajstić information content (AvgIpc) is 2.70. The molecule has 1 heterocycles. The number of carbonyl (C=O) groups excluding carboxylic acids is 1. The van der Waals surface area contributed by atoms with Crippen LogP contribution in [-0.2, 0) is 10.2 Å². The minimum absolute atomic E-state index is 0.167. The van der Waals surface area contributed by atoms with Gasteiger partial charge in [0.25, 0.3) is 0 Å². The molecule has 0 spiro atoms. The van der Waals surface area contributed by atoms with Gasteiger partial charge in [0, 0.05) is 18.1 Å². The number of piperidine rings is 1. The van der Waals surface area contributed by atoms with Crippen LogP contribution in [0, 0.1) is 11.3 Å². The first-order chi connectivity index (χ1) is 13.5. The van der Waals surface area contributed by atoms with Gasteiger partial charge in [-0.25, -0.2) is 0 Å². The second kappa shape index (κ2) is 9.06. The molecule has 1 aliphatic heterocycles. The quantitative estimate of drug-likeness (QED) is 0.704. The molecule has 1 saturated heterocycles. The molecular weight excluding hydrogens is 428 g/mol. The van der Waals surface area contributed by atoms with E-state index < -0.39 is 22.3 Å². The molecule has 0 saturated carbocycles. The number of amides is 1. The van der Waals surface area contributed by atoms with E-state index in [-0.39, 0.29) is 18.2 Å². The Labute approximate surface area is 176 Å². The van der Waals surface area contributed by atoms with Crippen molar-refractivity contribution in [1.82, 2.24) is 4.90 Å². The Hall–Kier alpha value is -2.24. The lowest BCUT2D eigenvalue weighted by Gasteiger charge is -2.37. The van der Waals surface area contributed by atoms with Crippen molar-refractivity contribution in [2.24, 2.45) is 10.7 Å². The predicted octanol–water partition coefficient (Wildman–Crippen LogP) is 4.16. The maximum atomic E-state index is 12.6. The number of likely N-dealkylation sites (tertiary alicyclic amines) is 1. The topological polar surface area (TPSA) is 82.5 Å². The molecule has 0 unspecified atom stereocenters. The summed E-state index contributed by atoms with van der Waals surface area (Å²) >= 11 is 11.5. The molecule has 0 bridgehead atoms. The zero-order valence-corrected chi connectivity index (χ0v) is 17.1. The fraction of sp³-hybridized carbons (Fsp3) is 0.421. The summed E-state index contributed by atoms with van der Waals surface area (Å²) in [5.74, 6) is -0.359. The van der Waals surface area contributed by atoms with Gasteiger partial charge in [-0.3, -0.25) is 9.79 Å². The number of carbonyl (C=O) groups is 1. The SMILES string of the molecule is CC(=NCC(=O)N1CCC(C#N)(c2ccc(Cl)cc2)CC1)C(Cl)=C(N)C(F)(F)F. The number of nitriles is 1. The van der Waals surface area contributed by atoms with Gasteiger partial charge in [0.15, 0.2) is 0 Å². The van der Waals surface area contributed by atoms with Gasteiger partial charge in [-0.05, 0) is 37.5 Å². The standard InChI is InChI=1S/C19H19Cl2F3N4O/c1-12(16(21)17(26)19(22,23)24)27-10-15(29)28-8-6-18(11-25,7-9-28)13-2-4-14(20)5-3-13/h2-5H,6-10,26H2,1H3. The third-order valence-corrected chi connectivity index (χ3v) is 5.62. The number of nitrogens with two attached hydrogens (primary N) is 1. The number of rotatable bonds is 4. The summed E-state index contributed by atoms with van der Waals surface area (Å²) in [6.45, 7) is 1.56. The Bertz CT molecular complexity index is 865. The van der Waals surface area contributed by atoms with E-state index in [1.165, 1.54) is 11.8 Å². The second-order valence-electron chi connectivity index (χ2n) is 6.71. The Balaban J connectivity index is 2.03. The van der Waals surface area contributed by atoms with Gasteiger partial charge in [0.1, 0.15) is 12.2 Å². The van der Waals surface area contributed by atoms with Gasteiger partial charge in [0.2, 0.25) is 5.91 Å². The molecule has 1 aromatic rings. The molecule has 0 atom stereocenters. The molecule has 0 aliphatic carbocycles. The van der Waals surface area contributed by atoms with E-state index in [9.17, 15) is 23.2 Å². The van der Waals surface area contributed by atoms with Gasteiger partial charge >= 0.3 is 6.18 Å². The molecule has 156 valence electrons. The second-order valence-corrected chi connectivity index (χ2v) is 7.52. The fourth-order valence-corrected chi connectivity index (χ4v) is 3.34. The highest BCUT2D eigenvalue weighted by molar-refractivity contribution is 6.43. The largest absolute Gasteiger partial charge is 0.432 e. The first-order valence-corrected chi connectivity index (χ1v) is 9.45. The van der Waals surface area contributed by atoms with E-state index in [1.807, 2.05) is 0 Å². The van der Waals surface area contributed by atoms with E-state index in [4.69, 9.17) is 28.9 Å². The van der Waals surface area contributed by atoms with Crippen LogP contribution in [0.25, 0.3) is 0 Å². The van der Waals surface area contributed by atoms with Crippen LogP contribution in [0.15, 0.2) is 40.0 Å². The van der Waals surface area contributed by atoms with Gasteiger partial charge < -0.3 is 10.6 Å². The number of allylic oxidation sites excluding steroid dienone is 2. The number of hydrogen-bond acceptors (Lipinski definition) is 4. The number of aliphatic imine (C=N–C) groups is 1. The maximum absolute atomic E-state index is 12.6. The van der Waals surface area contributed by atoms with Crippen molar-refractivity contribution in [1.29, 1.82) is 5.26 Å². The molecule has 1 aliphatic rings. The van der Waals surface area contributed by atoms with Crippen molar-refractivity contribution in [2.75, 3.05) is 19.6 Å². The monoisotopic (exact) mass is 446 g/mol. The summed E-state index contributed by atoms with van der Waals surface area (Å²) in [5, 5.41) is 9.56. The molecule has 2 N–H and O–H groups in total. The van der Waals surface area contributed by atoms with Crippen LogP contribution >= 0.6 is 23.2 Å². The Morgan fingerprint density at radius 3 is 2.34 bits per heavy atom. The lowest BCUT2D eigenvalue weighted by atomic mass is 9.74. The zero-order chi connectivity index (χ0) is 21.8. The van der Waals surface area contributed by atoms with Crippen LogP contribution in [-0.4, -0.2) is 42.3 Å². The summed E-state index contributed by atoms with van der Waals surface area (Å²) < 4.78 is 37.8. The Kier molecular flexibility index (Phi) is 7.20. The molecule has 0 aromatic heterocycles. The Morgan fingerprint density at radius 1 is 1.31 bits per heavy atom. The number of halogens is 5. The first kappa shape index (κ1) is 23.0. The van der Waals surface area contributed by atoms with Gasteiger partial charge in [-0.15, -0.1) is 0 Å². The van der Waals surface area contributed by atoms with Crippen LogP contribution in [0.1, 0.15) is 25.3 Å². The first-order valence-electron chi connectivity index (χ1n) is 8.69. The van der Waals surface area contributed by atoms with E-state index >= 15 is 0 Å². The predicted molar refractivity (Wildman–Crippen MR) is 106 cm³/mol. The number of nitrogens with zero attached hydrogens (tertiary/aromatic N) is 3. The molecule has 1 fully saturated rings. The number of benzene rings is 1. The smallest absolute Gasteiger partial charge is 0.393 e. The van der Waals surface area contributed by atoms with Crippen LogP contribution in [0.4, 0.5) is 13.2 Å². The van der Waals surface area contributed by atoms with E-state index in [0.29, 0.717) is 31.0 Å². The normalized spacial score (nSPS) is 18.1. The average molecular weight is 447 g/mol. The highest BCUT2D eigenvalue weighted by Crippen LogP contribution is 2.35. The van der Waals surface area contributed by atoms with Crippen molar-refractivity contribution in [3.05, 3.63) is 45.6 Å². The molecule has 10 heteroatoms. The number of hydrogen-bond donors (Lipinski definition) is 1. The zero-order valence-electron chi connectivity index (χ0n) is 15.6. The molecule has 0 radical (unpaired) electrons. The third-order valence-electron chi connectivity index (χ3n) is 4.89. The Morgan fingerprint density at radius 2 is 1.86 bits per heavy atom. The molecule has 2 rings (SSSR count). The number of alkyl halides is 3. The van der Waals surface area contributed by atoms with Crippen molar-refractivity contribution in [3.63, 3.8) is 0 Å². The lowest BCUT2D eigenvalue weighted by Crippen LogP contribution is -2.45. The molecule has 1 aromatic carbocycles. The van der Waals surface area contributed by atoms with Crippen LogP contribution in [0.5, 0.6) is 0 Å². The van der Waals surface area contributed by atoms with Crippen molar-refractivity contribution in [2.45, 2.75) is 31.4 Å². The van der Waals surface area contributed by atoms with Gasteiger partial charge in [0.05, 0.1) is 22.2 Å².